The van der Waals surface area contributed by atoms with Gasteiger partial charge in [-0.25, -0.2) is 4.79 Å². The van der Waals surface area contributed by atoms with Gasteiger partial charge in [-0.2, -0.15) is 0 Å². The van der Waals surface area contributed by atoms with E-state index in [0.29, 0.717) is 0 Å². The summed E-state index contributed by atoms with van der Waals surface area (Å²) in [6, 6.07) is 15.3. The maximum Gasteiger partial charge on any atom is 0.323 e. The van der Waals surface area contributed by atoms with Crippen molar-refractivity contribution in [1.29, 1.82) is 0 Å². The molecule has 21 heavy (non-hydrogen) atoms. The van der Waals surface area contributed by atoms with Crippen LogP contribution in [0.2, 0.25) is 0 Å². The minimum atomic E-state index is -0.231. The molecule has 0 heterocycles. The molecule has 2 aromatic rings. The molecule has 0 radical (unpaired) electrons. The van der Waals surface area contributed by atoms with Crippen molar-refractivity contribution in [2.24, 2.45) is 0 Å². The lowest BCUT2D eigenvalue weighted by Gasteiger charge is -2.15. The van der Waals surface area contributed by atoms with E-state index in [1.54, 1.807) is 0 Å². The van der Waals surface area contributed by atoms with Crippen molar-refractivity contribution in [1.82, 2.24) is 4.90 Å². The van der Waals surface area contributed by atoms with Gasteiger partial charge in [0.1, 0.15) is 0 Å². The monoisotopic (exact) mass is 283 g/mol. The largest absolute Gasteiger partial charge is 0.323 e. The molecule has 2 amide bonds. The number of anilines is 2. The Morgan fingerprint density at radius 3 is 2.33 bits per heavy atom. The zero-order valence-electron chi connectivity index (χ0n) is 12.7. The molecule has 0 fully saturated rings. The number of carbonyl (C=O) groups excluding carboxylic acids is 1. The van der Waals surface area contributed by atoms with Gasteiger partial charge >= 0.3 is 6.03 Å². The van der Waals surface area contributed by atoms with Crippen LogP contribution in [0.1, 0.15) is 11.1 Å². The molecule has 2 N–H and O–H groups in total. The van der Waals surface area contributed by atoms with Gasteiger partial charge < -0.3 is 15.5 Å². The lowest BCUT2D eigenvalue weighted by Crippen LogP contribution is -2.21. The Kier molecular flexibility index (Phi) is 4.95. The van der Waals surface area contributed by atoms with Crippen LogP contribution in [0, 0.1) is 6.92 Å². The highest BCUT2D eigenvalue weighted by Gasteiger charge is 2.07. The normalized spacial score (nSPS) is 10.5. The summed E-state index contributed by atoms with van der Waals surface area (Å²) in [7, 11) is 4.01. The molecule has 0 unspecified atom stereocenters. The van der Waals surface area contributed by atoms with Crippen molar-refractivity contribution in [2.75, 3.05) is 24.7 Å². The van der Waals surface area contributed by atoms with Gasteiger partial charge in [0.25, 0.3) is 0 Å². The summed E-state index contributed by atoms with van der Waals surface area (Å²) in [6.45, 7) is 2.79. The number of amides is 2. The van der Waals surface area contributed by atoms with Crippen LogP contribution in [0.25, 0.3) is 0 Å². The highest BCUT2D eigenvalue weighted by Crippen LogP contribution is 2.17. The lowest BCUT2D eigenvalue weighted by atomic mass is 10.1. The summed E-state index contributed by atoms with van der Waals surface area (Å²) in [5.74, 6) is 0. The first-order valence-corrected chi connectivity index (χ1v) is 6.92. The smallest absolute Gasteiger partial charge is 0.308 e. The summed E-state index contributed by atoms with van der Waals surface area (Å²) in [5.41, 5.74) is 3.86. The zero-order chi connectivity index (χ0) is 15.2. The van der Waals surface area contributed by atoms with Crippen molar-refractivity contribution < 1.29 is 4.79 Å². The highest BCUT2D eigenvalue weighted by atomic mass is 16.2. The fourth-order valence-corrected chi connectivity index (χ4v) is 2.04. The number of hydrogen-bond acceptors (Lipinski definition) is 2. The third-order valence-electron chi connectivity index (χ3n) is 3.06. The van der Waals surface area contributed by atoms with E-state index in [0.717, 1.165) is 29.0 Å². The van der Waals surface area contributed by atoms with Gasteiger partial charge in [-0.05, 0) is 44.8 Å². The molecule has 0 aliphatic heterocycles. The van der Waals surface area contributed by atoms with Crippen molar-refractivity contribution >= 4 is 17.4 Å². The second kappa shape index (κ2) is 6.90. The minimum Gasteiger partial charge on any atom is -0.308 e. The SMILES string of the molecule is Cc1ccc(NC(=O)Nc2ccccc2CN(C)C)cc1. The maximum atomic E-state index is 12.1. The molecule has 110 valence electrons. The van der Waals surface area contributed by atoms with E-state index in [9.17, 15) is 4.79 Å². The molecule has 2 rings (SSSR count). The number of urea groups is 1. The van der Waals surface area contributed by atoms with Crippen LogP contribution in [0.3, 0.4) is 0 Å². The molecule has 0 aliphatic carbocycles. The molecule has 0 aliphatic rings. The van der Waals surface area contributed by atoms with Gasteiger partial charge in [0.05, 0.1) is 0 Å². The van der Waals surface area contributed by atoms with Crippen LogP contribution in [0.15, 0.2) is 48.5 Å². The number of hydrogen-bond donors (Lipinski definition) is 2. The molecule has 2 aromatic carbocycles. The van der Waals surface area contributed by atoms with Crippen molar-refractivity contribution in [2.45, 2.75) is 13.5 Å². The Morgan fingerprint density at radius 2 is 1.67 bits per heavy atom. The fraction of sp³-hybridized carbons (Fsp3) is 0.235. The summed E-state index contributed by atoms with van der Waals surface area (Å²) in [4.78, 5) is 14.1. The Bertz CT molecular complexity index is 606. The third kappa shape index (κ3) is 4.61. The summed E-state index contributed by atoms with van der Waals surface area (Å²) in [6.07, 6.45) is 0. The molecule has 4 heteroatoms. The molecular formula is C17H21N3O. The van der Waals surface area contributed by atoms with Crippen LogP contribution in [-0.4, -0.2) is 25.0 Å². The van der Waals surface area contributed by atoms with E-state index in [-0.39, 0.29) is 6.03 Å². The molecule has 4 nitrogen and oxygen atoms in total. The van der Waals surface area contributed by atoms with Crippen molar-refractivity contribution in [3.8, 4) is 0 Å². The second-order valence-corrected chi connectivity index (χ2v) is 5.34. The molecular weight excluding hydrogens is 262 g/mol. The van der Waals surface area contributed by atoms with E-state index in [2.05, 4.69) is 15.5 Å². The summed E-state index contributed by atoms with van der Waals surface area (Å²) < 4.78 is 0. The topological polar surface area (TPSA) is 44.4 Å². The molecule has 0 saturated heterocycles. The quantitative estimate of drug-likeness (QED) is 0.898. The predicted molar refractivity (Wildman–Crippen MR) is 87.7 cm³/mol. The molecule has 0 aromatic heterocycles. The van der Waals surface area contributed by atoms with E-state index in [4.69, 9.17) is 0 Å². The van der Waals surface area contributed by atoms with Crippen LogP contribution in [0.4, 0.5) is 16.2 Å². The minimum absolute atomic E-state index is 0.231. The standard InChI is InChI=1S/C17H21N3O/c1-13-8-10-15(11-9-13)18-17(21)19-16-7-5-4-6-14(16)12-20(2)3/h4-11H,12H2,1-3H3,(H2,18,19,21). The summed E-state index contributed by atoms with van der Waals surface area (Å²) in [5, 5.41) is 5.74. The lowest BCUT2D eigenvalue weighted by molar-refractivity contribution is 0.262. The molecule has 0 bridgehead atoms. The number of rotatable bonds is 4. The fourth-order valence-electron chi connectivity index (χ4n) is 2.04. The van der Waals surface area contributed by atoms with Crippen molar-refractivity contribution in [3.63, 3.8) is 0 Å². The van der Waals surface area contributed by atoms with Crippen LogP contribution in [0.5, 0.6) is 0 Å². The van der Waals surface area contributed by atoms with E-state index in [1.807, 2.05) is 69.6 Å². The third-order valence-corrected chi connectivity index (χ3v) is 3.06. The number of carbonyl (C=O) groups is 1. The van der Waals surface area contributed by atoms with E-state index < -0.39 is 0 Å². The first kappa shape index (κ1) is 15.1. The molecule has 0 spiro atoms. The number of benzene rings is 2. The maximum absolute atomic E-state index is 12.1. The second-order valence-electron chi connectivity index (χ2n) is 5.34. The Hall–Kier alpha value is -2.33. The highest BCUT2D eigenvalue weighted by molar-refractivity contribution is 6.00. The predicted octanol–water partition coefficient (Wildman–Crippen LogP) is 3.70. The van der Waals surface area contributed by atoms with Gasteiger partial charge in [0.2, 0.25) is 0 Å². The average Bonchev–Trinajstić information content (AvgIpc) is 2.43. The van der Waals surface area contributed by atoms with Crippen LogP contribution in [-0.2, 0) is 6.54 Å². The molecule has 0 saturated carbocycles. The van der Waals surface area contributed by atoms with Crippen LogP contribution < -0.4 is 10.6 Å². The van der Waals surface area contributed by atoms with Gasteiger partial charge in [0, 0.05) is 17.9 Å². The van der Waals surface area contributed by atoms with Gasteiger partial charge in [-0.1, -0.05) is 35.9 Å². The first-order valence-electron chi connectivity index (χ1n) is 6.92. The number of para-hydroxylation sites is 1. The van der Waals surface area contributed by atoms with Crippen molar-refractivity contribution in [3.05, 3.63) is 59.7 Å². The average molecular weight is 283 g/mol. The Labute approximate surface area is 125 Å². The Morgan fingerprint density at radius 1 is 1.00 bits per heavy atom. The molecule has 0 atom stereocenters. The zero-order valence-corrected chi connectivity index (χ0v) is 12.7. The van der Waals surface area contributed by atoms with E-state index in [1.165, 1.54) is 0 Å². The summed E-state index contributed by atoms with van der Waals surface area (Å²) >= 11 is 0. The Balaban J connectivity index is 2.04. The van der Waals surface area contributed by atoms with E-state index >= 15 is 0 Å². The number of nitrogens with zero attached hydrogens (tertiary/aromatic N) is 1. The number of aryl methyl sites for hydroxylation is 1. The van der Waals surface area contributed by atoms with Crippen LogP contribution >= 0.6 is 0 Å². The van der Waals surface area contributed by atoms with Gasteiger partial charge in [-0.15, -0.1) is 0 Å². The first-order chi connectivity index (χ1) is 10.0. The van der Waals surface area contributed by atoms with Gasteiger partial charge in [0.15, 0.2) is 0 Å². The van der Waals surface area contributed by atoms with Gasteiger partial charge in [-0.3, -0.25) is 0 Å². The number of nitrogens with one attached hydrogen (secondary N) is 2.